The highest BCUT2D eigenvalue weighted by atomic mass is 16.8. The number of methoxy groups -OCH3 is 1. The number of ether oxygens (including phenoxy) is 11. The summed E-state index contributed by atoms with van der Waals surface area (Å²) < 4.78 is 75.8. The zero-order valence-corrected chi connectivity index (χ0v) is 41.3. The molecule has 1 unspecified atom stereocenters. The topological polar surface area (TPSA) is 102 Å². The van der Waals surface area contributed by atoms with E-state index in [-0.39, 0.29) is 46.2 Å². The molecular formula is C62H66O11. The molecule has 0 bridgehead atoms. The third-order valence-electron chi connectivity index (χ3n) is 12.9. The summed E-state index contributed by atoms with van der Waals surface area (Å²) in [5.41, 5.74) is 6.97. The van der Waals surface area contributed by atoms with Crippen LogP contribution < -0.4 is 0 Å². The molecule has 0 aliphatic carbocycles. The molecule has 7 aromatic rings. The quantitative estimate of drug-likeness (QED) is 0.0518. The van der Waals surface area contributed by atoms with E-state index >= 15 is 0 Å². The molecule has 0 aromatic heterocycles. The highest BCUT2D eigenvalue weighted by Gasteiger charge is 2.54. The van der Waals surface area contributed by atoms with E-state index in [0.717, 1.165) is 38.9 Å². The normalized spacial score (nSPS) is 24.0. The Morgan fingerprint density at radius 1 is 0.288 bits per heavy atom. The molecule has 380 valence electrons. The van der Waals surface area contributed by atoms with Crippen molar-refractivity contribution in [3.05, 3.63) is 251 Å². The van der Waals surface area contributed by atoms with Gasteiger partial charge in [-0.05, 0) is 38.9 Å². The van der Waals surface area contributed by atoms with E-state index in [1.807, 2.05) is 212 Å². The van der Waals surface area contributed by atoms with Gasteiger partial charge < -0.3 is 52.1 Å². The molecule has 2 aliphatic rings. The molecular weight excluding hydrogens is 921 g/mol. The third kappa shape index (κ3) is 15.3. The Hall–Kier alpha value is -5.90. The first-order valence-corrected chi connectivity index (χ1v) is 25.2. The van der Waals surface area contributed by atoms with Gasteiger partial charge in [-0.3, -0.25) is 0 Å². The fraction of sp³-hybridized carbons (Fsp3) is 0.323. The van der Waals surface area contributed by atoms with Gasteiger partial charge >= 0.3 is 0 Å². The van der Waals surface area contributed by atoms with E-state index in [2.05, 4.69) is 0 Å². The van der Waals surface area contributed by atoms with Crippen molar-refractivity contribution in [3.8, 4) is 0 Å². The minimum atomic E-state index is -1.10. The Balaban J connectivity index is 1.09. The highest BCUT2D eigenvalue weighted by molar-refractivity contribution is 5.19. The van der Waals surface area contributed by atoms with Gasteiger partial charge in [0.1, 0.15) is 48.8 Å². The molecule has 2 heterocycles. The third-order valence-corrected chi connectivity index (χ3v) is 12.9. The van der Waals surface area contributed by atoms with Gasteiger partial charge in [0, 0.05) is 7.11 Å². The fourth-order valence-corrected chi connectivity index (χ4v) is 9.15. The van der Waals surface area contributed by atoms with Crippen LogP contribution in [0, 0.1) is 0 Å². The Morgan fingerprint density at radius 2 is 0.548 bits per heavy atom. The van der Waals surface area contributed by atoms with E-state index in [1.165, 1.54) is 0 Å². The van der Waals surface area contributed by atoms with Crippen molar-refractivity contribution >= 4 is 0 Å². The molecule has 2 fully saturated rings. The van der Waals surface area contributed by atoms with E-state index in [1.54, 1.807) is 7.11 Å². The Labute approximate surface area is 429 Å². The van der Waals surface area contributed by atoms with Crippen LogP contribution in [0.25, 0.3) is 0 Å². The van der Waals surface area contributed by atoms with Crippen molar-refractivity contribution in [2.24, 2.45) is 0 Å². The molecule has 9 rings (SSSR count). The summed E-state index contributed by atoms with van der Waals surface area (Å²) in [6, 6.07) is 70.4. The second-order valence-corrected chi connectivity index (χ2v) is 18.2. The van der Waals surface area contributed by atoms with Gasteiger partial charge in [0.15, 0.2) is 12.6 Å². The van der Waals surface area contributed by atoms with Crippen LogP contribution in [-0.4, -0.2) is 81.7 Å². The second-order valence-electron chi connectivity index (χ2n) is 18.2. The zero-order chi connectivity index (χ0) is 49.7. The average molecular weight is 987 g/mol. The second kappa shape index (κ2) is 28.0. The lowest BCUT2D eigenvalue weighted by molar-refractivity contribution is -0.381. The first-order valence-electron chi connectivity index (χ1n) is 25.2. The van der Waals surface area contributed by atoms with Gasteiger partial charge in [0.2, 0.25) is 0 Å². The molecule has 11 nitrogen and oxygen atoms in total. The smallest absolute Gasteiger partial charge is 0.187 e. The van der Waals surface area contributed by atoms with Crippen LogP contribution in [0.2, 0.25) is 0 Å². The molecule has 7 aromatic carbocycles. The van der Waals surface area contributed by atoms with Crippen LogP contribution in [0.1, 0.15) is 38.9 Å². The predicted molar refractivity (Wildman–Crippen MR) is 276 cm³/mol. The molecule has 2 saturated heterocycles. The van der Waals surface area contributed by atoms with Crippen LogP contribution in [-0.2, 0) is 98.4 Å². The average Bonchev–Trinajstić information content (AvgIpc) is 3.45. The number of hydrogen-bond donors (Lipinski definition) is 0. The number of benzene rings is 7. The molecule has 10 atom stereocenters. The summed E-state index contributed by atoms with van der Waals surface area (Å²) in [6.45, 7) is 2.38. The van der Waals surface area contributed by atoms with Crippen molar-refractivity contribution < 1.29 is 52.1 Å². The monoisotopic (exact) mass is 986 g/mol. The lowest BCUT2D eigenvalue weighted by Crippen LogP contribution is -2.66. The molecule has 73 heavy (non-hydrogen) atoms. The Morgan fingerprint density at radius 3 is 0.863 bits per heavy atom. The van der Waals surface area contributed by atoms with Crippen molar-refractivity contribution in [2.45, 2.75) is 108 Å². The van der Waals surface area contributed by atoms with Gasteiger partial charge in [-0.1, -0.05) is 212 Å². The fourth-order valence-electron chi connectivity index (χ4n) is 9.15. The maximum Gasteiger partial charge on any atom is 0.187 e. The SMILES string of the molecule is CO[C@H]1O[C@H](COCc2ccccc2)[C@@H](OCc2ccccc2)[C@H](OCc2ccccc2)[C@@H]1OC1O[C@H](COCc2ccccc2)[C@H](OCc2ccccc2)[C@H](OCc2ccccc2)[C@H]1OCc1ccccc1. The molecule has 0 amide bonds. The summed E-state index contributed by atoms with van der Waals surface area (Å²) in [7, 11) is 1.60. The van der Waals surface area contributed by atoms with Crippen LogP contribution >= 0.6 is 0 Å². The number of hydrogen-bond acceptors (Lipinski definition) is 11. The first kappa shape index (κ1) is 52.0. The van der Waals surface area contributed by atoms with Gasteiger partial charge in [-0.25, -0.2) is 0 Å². The van der Waals surface area contributed by atoms with Crippen LogP contribution in [0.5, 0.6) is 0 Å². The summed E-state index contributed by atoms with van der Waals surface area (Å²) in [6.07, 6.45) is -8.11. The first-order chi connectivity index (χ1) is 36.2. The Kier molecular flexibility index (Phi) is 19.9. The van der Waals surface area contributed by atoms with Crippen molar-refractivity contribution in [3.63, 3.8) is 0 Å². The molecule has 0 radical (unpaired) electrons. The van der Waals surface area contributed by atoms with Crippen LogP contribution in [0.15, 0.2) is 212 Å². The van der Waals surface area contributed by atoms with E-state index in [9.17, 15) is 0 Å². The summed E-state index contributed by atoms with van der Waals surface area (Å²) in [5.74, 6) is 0. The molecule has 0 N–H and O–H groups in total. The van der Waals surface area contributed by atoms with Crippen LogP contribution in [0.4, 0.5) is 0 Å². The van der Waals surface area contributed by atoms with Crippen molar-refractivity contribution in [2.75, 3.05) is 20.3 Å². The van der Waals surface area contributed by atoms with Gasteiger partial charge in [0.25, 0.3) is 0 Å². The lowest BCUT2D eigenvalue weighted by atomic mass is 9.96. The minimum Gasteiger partial charge on any atom is -0.374 e. The highest BCUT2D eigenvalue weighted by Crippen LogP contribution is 2.37. The van der Waals surface area contributed by atoms with E-state index < -0.39 is 61.4 Å². The maximum absolute atomic E-state index is 7.40. The van der Waals surface area contributed by atoms with E-state index in [4.69, 9.17) is 52.1 Å². The number of rotatable bonds is 26. The molecule has 0 spiro atoms. The summed E-state index contributed by atoms with van der Waals surface area (Å²) in [5, 5.41) is 0. The van der Waals surface area contributed by atoms with Crippen LogP contribution in [0.3, 0.4) is 0 Å². The largest absolute Gasteiger partial charge is 0.374 e. The molecule has 2 aliphatic heterocycles. The van der Waals surface area contributed by atoms with Gasteiger partial charge in [-0.15, -0.1) is 0 Å². The summed E-state index contributed by atoms with van der Waals surface area (Å²) in [4.78, 5) is 0. The van der Waals surface area contributed by atoms with E-state index in [0.29, 0.717) is 13.2 Å². The molecule has 0 saturated carbocycles. The lowest BCUT2D eigenvalue weighted by Gasteiger charge is -2.50. The van der Waals surface area contributed by atoms with Crippen molar-refractivity contribution in [1.29, 1.82) is 0 Å². The minimum absolute atomic E-state index is 0.150. The van der Waals surface area contributed by atoms with Crippen molar-refractivity contribution in [1.82, 2.24) is 0 Å². The Bertz CT molecular complexity index is 2560. The van der Waals surface area contributed by atoms with Gasteiger partial charge in [-0.2, -0.15) is 0 Å². The molecule has 11 heteroatoms. The zero-order valence-electron chi connectivity index (χ0n) is 41.3. The van der Waals surface area contributed by atoms with Gasteiger partial charge in [0.05, 0.1) is 59.5 Å². The predicted octanol–water partition coefficient (Wildman–Crippen LogP) is 10.8. The summed E-state index contributed by atoms with van der Waals surface area (Å²) >= 11 is 0. The standard InChI is InChI=1S/C62H66O11/c1-63-61-60(58(69-42-51-33-19-7-20-34-51)56(67-40-49-29-15-5-16-30-49)53(71-61)44-64-37-46-23-9-2-10-24-46)73-62-59(70-43-52-35-21-8-22-36-52)57(68-41-50-31-17-6-18-32-50)55(66-39-48-27-13-4-14-28-48)54(72-62)45-65-38-47-25-11-3-12-26-47/h2-36,53-62H,37-45H2,1H3/t53-,54-,55+,56-,57+,58+,59-,60+,61+,62?/m1/s1. The maximum atomic E-state index is 7.40.